The van der Waals surface area contributed by atoms with Crippen molar-refractivity contribution in [3.8, 4) is 0 Å². The Hall–Kier alpha value is -2.08. The van der Waals surface area contributed by atoms with E-state index in [1.807, 2.05) is 25.1 Å². The minimum atomic E-state index is 0.276. The quantitative estimate of drug-likeness (QED) is 0.803. The zero-order valence-corrected chi connectivity index (χ0v) is 11.4. The molecule has 0 aliphatic carbocycles. The fourth-order valence-corrected chi connectivity index (χ4v) is 1.73. The van der Waals surface area contributed by atoms with Crippen LogP contribution in [0.3, 0.4) is 0 Å². The van der Waals surface area contributed by atoms with Crippen molar-refractivity contribution in [3.63, 3.8) is 0 Å². The van der Waals surface area contributed by atoms with Gasteiger partial charge in [-0.25, -0.2) is 9.97 Å². The highest BCUT2D eigenvalue weighted by molar-refractivity contribution is 7.80. The third-order valence-electron chi connectivity index (χ3n) is 2.50. The van der Waals surface area contributed by atoms with Crippen LogP contribution in [0.15, 0.2) is 30.5 Å². The molecule has 98 valence electrons. The summed E-state index contributed by atoms with van der Waals surface area (Å²) in [7, 11) is 0. The summed E-state index contributed by atoms with van der Waals surface area (Å²) < 4.78 is 0. The summed E-state index contributed by atoms with van der Waals surface area (Å²) in [4.78, 5) is 13.1. The maximum Gasteiger partial charge on any atom is 0.223 e. The van der Waals surface area contributed by atoms with E-state index < -0.39 is 0 Å². The largest absolute Gasteiger partial charge is 0.388 e. The molecule has 5 nitrogen and oxygen atoms in total. The number of nitrogens with one attached hydrogen (secondary N) is 1. The molecule has 0 saturated carbocycles. The van der Waals surface area contributed by atoms with Crippen molar-refractivity contribution in [2.45, 2.75) is 13.3 Å². The number of anilines is 1. The molecule has 2 heterocycles. The second kappa shape index (κ2) is 6.19. The van der Waals surface area contributed by atoms with Gasteiger partial charge in [0.05, 0.1) is 0 Å². The van der Waals surface area contributed by atoms with Gasteiger partial charge in [-0.05, 0) is 25.1 Å². The molecule has 2 aromatic heterocycles. The number of hydrogen-bond donors (Lipinski definition) is 2. The second-order valence-corrected chi connectivity index (χ2v) is 4.52. The number of rotatable bonds is 5. The number of aromatic nitrogens is 3. The standard InChI is InChI=1S/C13H15N5S/c1-9-8-11(12(14)19)18-13(17-9)16-7-5-10-4-2-3-6-15-10/h2-4,6,8H,5,7H2,1H3,(H2,14,19)(H,16,17,18). The highest BCUT2D eigenvalue weighted by Crippen LogP contribution is 2.05. The molecule has 0 bridgehead atoms. The molecular weight excluding hydrogens is 258 g/mol. The molecule has 0 spiro atoms. The monoisotopic (exact) mass is 273 g/mol. The van der Waals surface area contributed by atoms with Crippen molar-refractivity contribution in [2.75, 3.05) is 11.9 Å². The van der Waals surface area contributed by atoms with Gasteiger partial charge in [0.1, 0.15) is 10.7 Å². The van der Waals surface area contributed by atoms with E-state index in [-0.39, 0.29) is 4.99 Å². The fraction of sp³-hybridized carbons (Fsp3) is 0.231. The number of nitrogens with two attached hydrogens (primary N) is 1. The van der Waals surface area contributed by atoms with Crippen LogP contribution in [0.25, 0.3) is 0 Å². The van der Waals surface area contributed by atoms with Gasteiger partial charge in [0.15, 0.2) is 0 Å². The Labute approximate surface area is 117 Å². The van der Waals surface area contributed by atoms with E-state index in [2.05, 4.69) is 20.3 Å². The Morgan fingerprint density at radius 1 is 1.37 bits per heavy atom. The van der Waals surface area contributed by atoms with E-state index in [0.717, 1.165) is 17.8 Å². The van der Waals surface area contributed by atoms with Crippen molar-refractivity contribution < 1.29 is 0 Å². The first-order valence-corrected chi connectivity index (χ1v) is 6.35. The van der Waals surface area contributed by atoms with Gasteiger partial charge in [-0.2, -0.15) is 0 Å². The molecule has 19 heavy (non-hydrogen) atoms. The first-order chi connectivity index (χ1) is 9.15. The van der Waals surface area contributed by atoms with Crippen LogP contribution >= 0.6 is 12.2 Å². The molecular formula is C13H15N5S. The fourth-order valence-electron chi connectivity index (χ4n) is 1.62. The van der Waals surface area contributed by atoms with Crippen molar-refractivity contribution in [1.29, 1.82) is 0 Å². The summed E-state index contributed by atoms with van der Waals surface area (Å²) in [6, 6.07) is 7.62. The molecule has 0 radical (unpaired) electrons. The smallest absolute Gasteiger partial charge is 0.223 e. The topological polar surface area (TPSA) is 76.7 Å². The van der Waals surface area contributed by atoms with Crippen LogP contribution in [0.1, 0.15) is 17.1 Å². The van der Waals surface area contributed by atoms with Crippen molar-refractivity contribution in [1.82, 2.24) is 15.0 Å². The molecule has 2 aromatic rings. The predicted molar refractivity (Wildman–Crippen MR) is 79.1 cm³/mol. The van der Waals surface area contributed by atoms with Gasteiger partial charge in [0.2, 0.25) is 5.95 Å². The summed E-state index contributed by atoms with van der Waals surface area (Å²) in [5.74, 6) is 0.540. The predicted octanol–water partition coefficient (Wildman–Crippen LogP) is 1.47. The number of hydrogen-bond acceptors (Lipinski definition) is 5. The van der Waals surface area contributed by atoms with Crippen molar-refractivity contribution in [3.05, 3.63) is 47.5 Å². The molecule has 0 aromatic carbocycles. The maximum atomic E-state index is 5.57. The van der Waals surface area contributed by atoms with Gasteiger partial charge in [-0.1, -0.05) is 18.3 Å². The van der Waals surface area contributed by atoms with Crippen LogP contribution < -0.4 is 11.1 Å². The molecule has 3 N–H and O–H groups in total. The van der Waals surface area contributed by atoms with Gasteiger partial charge in [0.25, 0.3) is 0 Å². The first-order valence-electron chi connectivity index (χ1n) is 5.94. The van der Waals surface area contributed by atoms with Crippen LogP contribution in [-0.2, 0) is 6.42 Å². The van der Waals surface area contributed by atoms with Gasteiger partial charge >= 0.3 is 0 Å². The normalized spacial score (nSPS) is 10.2. The Morgan fingerprint density at radius 2 is 2.21 bits per heavy atom. The first kappa shape index (κ1) is 13.4. The number of thiocarbonyl (C=S) groups is 1. The van der Waals surface area contributed by atoms with E-state index in [9.17, 15) is 0 Å². The SMILES string of the molecule is Cc1cc(C(N)=S)nc(NCCc2ccccn2)n1. The van der Waals surface area contributed by atoms with Crippen LogP contribution in [0.2, 0.25) is 0 Å². The van der Waals surface area contributed by atoms with Gasteiger partial charge in [-0.15, -0.1) is 0 Å². The lowest BCUT2D eigenvalue weighted by atomic mass is 10.3. The lowest BCUT2D eigenvalue weighted by Crippen LogP contribution is -2.15. The lowest BCUT2D eigenvalue weighted by molar-refractivity contribution is 0.935. The van der Waals surface area contributed by atoms with Crippen LogP contribution in [0.5, 0.6) is 0 Å². The zero-order chi connectivity index (χ0) is 13.7. The summed E-state index contributed by atoms with van der Waals surface area (Å²) >= 11 is 4.92. The molecule has 6 heteroatoms. The van der Waals surface area contributed by atoms with Gasteiger partial charge in [-0.3, -0.25) is 4.98 Å². The van der Waals surface area contributed by atoms with Crippen molar-refractivity contribution >= 4 is 23.2 Å². The maximum absolute atomic E-state index is 5.57. The Bertz CT molecular complexity index is 571. The third kappa shape index (κ3) is 3.96. The highest BCUT2D eigenvalue weighted by Gasteiger charge is 2.04. The molecule has 0 saturated heterocycles. The lowest BCUT2D eigenvalue weighted by Gasteiger charge is -2.07. The minimum Gasteiger partial charge on any atom is -0.388 e. The average Bonchev–Trinajstić information content (AvgIpc) is 2.39. The average molecular weight is 273 g/mol. The molecule has 0 aliphatic heterocycles. The highest BCUT2D eigenvalue weighted by atomic mass is 32.1. The number of nitrogens with zero attached hydrogens (tertiary/aromatic N) is 3. The molecule has 0 atom stereocenters. The Balaban J connectivity index is 1.98. The third-order valence-corrected chi connectivity index (χ3v) is 2.71. The molecule has 2 rings (SSSR count). The minimum absolute atomic E-state index is 0.276. The van der Waals surface area contributed by atoms with E-state index in [0.29, 0.717) is 18.2 Å². The van der Waals surface area contributed by atoms with Crippen LogP contribution in [-0.4, -0.2) is 26.5 Å². The summed E-state index contributed by atoms with van der Waals surface area (Å²) in [5, 5.41) is 3.15. The van der Waals surface area contributed by atoms with E-state index in [1.165, 1.54) is 0 Å². The number of aryl methyl sites for hydroxylation is 1. The molecule has 0 aliphatic rings. The Kier molecular flexibility index (Phi) is 4.35. The van der Waals surface area contributed by atoms with Crippen molar-refractivity contribution in [2.24, 2.45) is 5.73 Å². The van der Waals surface area contributed by atoms with Gasteiger partial charge in [0, 0.05) is 30.6 Å². The summed E-state index contributed by atoms with van der Waals surface area (Å²) in [6.45, 7) is 2.59. The molecule has 0 unspecified atom stereocenters. The molecule has 0 amide bonds. The van der Waals surface area contributed by atoms with Crippen LogP contribution in [0.4, 0.5) is 5.95 Å². The summed E-state index contributed by atoms with van der Waals surface area (Å²) in [5.41, 5.74) is 8.02. The second-order valence-electron chi connectivity index (χ2n) is 4.08. The number of pyridine rings is 1. The van der Waals surface area contributed by atoms with Gasteiger partial charge < -0.3 is 11.1 Å². The van der Waals surface area contributed by atoms with Crippen LogP contribution in [0, 0.1) is 6.92 Å². The Morgan fingerprint density at radius 3 is 2.89 bits per heavy atom. The summed E-state index contributed by atoms with van der Waals surface area (Å²) in [6.07, 6.45) is 2.59. The van der Waals surface area contributed by atoms with E-state index >= 15 is 0 Å². The zero-order valence-electron chi connectivity index (χ0n) is 10.6. The van der Waals surface area contributed by atoms with E-state index in [4.69, 9.17) is 18.0 Å². The molecule has 0 fully saturated rings. The van der Waals surface area contributed by atoms with E-state index in [1.54, 1.807) is 12.3 Å².